The van der Waals surface area contributed by atoms with Gasteiger partial charge in [0.05, 0.1) is 28.7 Å². The Hall–Kier alpha value is -1.66. The Labute approximate surface area is 150 Å². The summed E-state index contributed by atoms with van der Waals surface area (Å²) in [4.78, 5) is 14.7. The summed E-state index contributed by atoms with van der Waals surface area (Å²) in [6.07, 6.45) is -0.497. The van der Waals surface area contributed by atoms with Crippen LogP contribution in [0.3, 0.4) is 0 Å². The molecule has 1 aliphatic rings. The van der Waals surface area contributed by atoms with Crippen LogP contribution in [0.1, 0.15) is 35.6 Å². The van der Waals surface area contributed by atoms with Gasteiger partial charge in [0, 0.05) is 23.0 Å². The van der Waals surface area contributed by atoms with Gasteiger partial charge in [-0.15, -0.1) is 0 Å². The van der Waals surface area contributed by atoms with E-state index in [2.05, 4.69) is 21.0 Å². The molecule has 24 heavy (non-hydrogen) atoms. The number of hydrogen-bond donors (Lipinski definition) is 1. The topological polar surface area (TPSA) is 58.4 Å². The van der Waals surface area contributed by atoms with Gasteiger partial charge in [-0.3, -0.25) is 4.79 Å². The third-order valence-corrected chi connectivity index (χ3v) is 5.29. The van der Waals surface area contributed by atoms with Crippen molar-refractivity contribution in [3.05, 3.63) is 45.7 Å². The predicted octanol–water partition coefficient (Wildman–Crippen LogP) is 3.09. The fraction of sp³-hybridized carbons (Fsp3) is 0.444. The molecule has 1 saturated heterocycles. The maximum atomic E-state index is 13.0. The molecule has 2 heterocycles. The lowest BCUT2D eigenvalue weighted by molar-refractivity contribution is 0.0761. The quantitative estimate of drug-likeness (QED) is 0.855. The maximum absolute atomic E-state index is 13.0. The van der Waals surface area contributed by atoms with Crippen molar-refractivity contribution in [1.82, 2.24) is 14.7 Å². The van der Waals surface area contributed by atoms with E-state index in [4.69, 9.17) is 0 Å². The number of likely N-dealkylation sites (tertiary alicyclic amines) is 1. The van der Waals surface area contributed by atoms with Crippen LogP contribution in [0.5, 0.6) is 0 Å². The highest BCUT2D eigenvalue weighted by Gasteiger charge is 2.41. The molecule has 1 fully saturated rings. The summed E-state index contributed by atoms with van der Waals surface area (Å²) in [6, 6.07) is 7.82. The van der Waals surface area contributed by atoms with Crippen LogP contribution in [-0.2, 0) is 0 Å². The molecule has 0 bridgehead atoms. The molecular weight excluding hydrogens is 370 g/mol. The number of carbonyl (C=O) groups excluding carboxylic acids is 1. The molecule has 1 aromatic carbocycles. The van der Waals surface area contributed by atoms with Gasteiger partial charge in [-0.25, -0.2) is 4.68 Å². The number of aliphatic hydroxyl groups is 1. The number of halogens is 1. The molecule has 0 spiro atoms. The highest BCUT2D eigenvalue weighted by Crippen LogP contribution is 2.31. The predicted molar refractivity (Wildman–Crippen MR) is 96.4 cm³/mol. The van der Waals surface area contributed by atoms with Crippen LogP contribution in [0.4, 0.5) is 0 Å². The molecule has 1 aromatic heterocycles. The van der Waals surface area contributed by atoms with Crippen molar-refractivity contribution in [2.45, 2.75) is 33.8 Å². The van der Waals surface area contributed by atoms with E-state index in [1.54, 1.807) is 9.58 Å². The monoisotopic (exact) mass is 391 g/mol. The SMILES string of the molecule is Cc1nn(-c2ccc(Br)cc2)c(C)c1C(=O)N1CC(O)C(C)(C)C1. The van der Waals surface area contributed by atoms with Crippen LogP contribution in [0, 0.1) is 19.3 Å². The minimum absolute atomic E-state index is 0.0574. The third kappa shape index (κ3) is 2.89. The van der Waals surface area contributed by atoms with Gasteiger partial charge in [-0.2, -0.15) is 5.10 Å². The number of benzene rings is 1. The summed E-state index contributed by atoms with van der Waals surface area (Å²) in [5, 5.41) is 14.7. The molecule has 3 rings (SSSR count). The Morgan fingerprint density at radius 1 is 1.29 bits per heavy atom. The summed E-state index contributed by atoms with van der Waals surface area (Å²) in [7, 11) is 0. The number of nitrogens with zero attached hydrogens (tertiary/aromatic N) is 3. The van der Waals surface area contributed by atoms with E-state index in [0.29, 0.717) is 24.3 Å². The summed E-state index contributed by atoms with van der Waals surface area (Å²) in [6.45, 7) is 8.65. The highest BCUT2D eigenvalue weighted by molar-refractivity contribution is 9.10. The molecule has 1 unspecified atom stereocenters. The van der Waals surface area contributed by atoms with Crippen molar-refractivity contribution in [3.63, 3.8) is 0 Å². The van der Waals surface area contributed by atoms with Crippen LogP contribution in [0.25, 0.3) is 5.69 Å². The largest absolute Gasteiger partial charge is 0.391 e. The summed E-state index contributed by atoms with van der Waals surface area (Å²) >= 11 is 3.43. The van der Waals surface area contributed by atoms with Crippen molar-refractivity contribution in [2.75, 3.05) is 13.1 Å². The van der Waals surface area contributed by atoms with E-state index in [1.165, 1.54) is 0 Å². The fourth-order valence-corrected chi connectivity index (χ4v) is 3.48. The second-order valence-corrected chi connectivity index (χ2v) is 8.04. The first kappa shape index (κ1) is 17.2. The van der Waals surface area contributed by atoms with Crippen molar-refractivity contribution < 1.29 is 9.90 Å². The zero-order valence-electron chi connectivity index (χ0n) is 14.4. The minimum atomic E-state index is -0.497. The second-order valence-electron chi connectivity index (χ2n) is 7.12. The van der Waals surface area contributed by atoms with E-state index in [-0.39, 0.29) is 11.3 Å². The smallest absolute Gasteiger partial charge is 0.257 e. The van der Waals surface area contributed by atoms with Crippen molar-refractivity contribution in [3.8, 4) is 5.69 Å². The van der Waals surface area contributed by atoms with Crippen LogP contribution < -0.4 is 0 Å². The van der Waals surface area contributed by atoms with E-state index < -0.39 is 6.10 Å². The van der Waals surface area contributed by atoms with Crippen LogP contribution in [0.15, 0.2) is 28.7 Å². The van der Waals surface area contributed by atoms with E-state index in [1.807, 2.05) is 52.0 Å². The number of hydrogen-bond acceptors (Lipinski definition) is 3. The van der Waals surface area contributed by atoms with Gasteiger partial charge in [0.15, 0.2) is 0 Å². The standard InChI is InChI=1S/C18H22BrN3O2/c1-11-16(17(24)21-9-15(23)18(3,4)10-21)12(2)22(20-11)14-7-5-13(19)6-8-14/h5-8,15,23H,9-10H2,1-4H3. The summed E-state index contributed by atoms with van der Waals surface area (Å²) in [5.74, 6) is -0.0574. The molecule has 1 aliphatic heterocycles. The number of aromatic nitrogens is 2. The van der Waals surface area contributed by atoms with Gasteiger partial charge < -0.3 is 10.0 Å². The van der Waals surface area contributed by atoms with E-state index in [0.717, 1.165) is 15.9 Å². The van der Waals surface area contributed by atoms with Crippen LogP contribution in [-0.4, -0.2) is 44.9 Å². The Morgan fingerprint density at radius 2 is 1.92 bits per heavy atom. The molecule has 6 heteroatoms. The van der Waals surface area contributed by atoms with Gasteiger partial charge in [-0.05, 0) is 38.1 Å². The Morgan fingerprint density at radius 3 is 2.46 bits per heavy atom. The fourth-order valence-electron chi connectivity index (χ4n) is 3.22. The van der Waals surface area contributed by atoms with Crippen molar-refractivity contribution >= 4 is 21.8 Å². The Balaban J connectivity index is 1.95. The molecule has 1 amide bonds. The second kappa shape index (κ2) is 6.01. The molecular formula is C18H22BrN3O2. The normalized spacial score (nSPS) is 19.8. The van der Waals surface area contributed by atoms with E-state index in [9.17, 15) is 9.90 Å². The third-order valence-electron chi connectivity index (χ3n) is 4.76. The highest BCUT2D eigenvalue weighted by atomic mass is 79.9. The average molecular weight is 392 g/mol. The lowest BCUT2D eigenvalue weighted by atomic mass is 9.90. The molecule has 128 valence electrons. The molecule has 0 radical (unpaired) electrons. The van der Waals surface area contributed by atoms with Gasteiger partial charge in [-0.1, -0.05) is 29.8 Å². The molecule has 0 aliphatic carbocycles. The number of carbonyl (C=O) groups is 1. The zero-order chi connectivity index (χ0) is 17.6. The molecule has 2 aromatic rings. The van der Waals surface area contributed by atoms with Gasteiger partial charge >= 0.3 is 0 Å². The minimum Gasteiger partial charge on any atom is -0.391 e. The van der Waals surface area contributed by atoms with Crippen molar-refractivity contribution in [1.29, 1.82) is 0 Å². The number of β-amino-alcohol motifs (C(OH)–C–C–N with tert-alkyl or cyclic N) is 1. The molecule has 5 nitrogen and oxygen atoms in total. The first-order valence-corrected chi connectivity index (χ1v) is 8.79. The lowest BCUT2D eigenvalue weighted by Gasteiger charge is -2.21. The molecule has 0 saturated carbocycles. The van der Waals surface area contributed by atoms with Gasteiger partial charge in [0.2, 0.25) is 0 Å². The number of aliphatic hydroxyl groups excluding tert-OH is 1. The zero-order valence-corrected chi connectivity index (χ0v) is 16.0. The molecule has 1 N–H and O–H groups in total. The first-order chi connectivity index (χ1) is 11.2. The Bertz CT molecular complexity index is 780. The number of aryl methyl sites for hydroxylation is 1. The van der Waals surface area contributed by atoms with Gasteiger partial charge in [0.1, 0.15) is 0 Å². The van der Waals surface area contributed by atoms with Crippen molar-refractivity contribution in [2.24, 2.45) is 5.41 Å². The average Bonchev–Trinajstić information content (AvgIpc) is 2.96. The lowest BCUT2D eigenvalue weighted by Crippen LogP contribution is -2.31. The molecule has 1 atom stereocenters. The summed E-state index contributed by atoms with van der Waals surface area (Å²) in [5.41, 5.74) is 2.79. The van der Waals surface area contributed by atoms with E-state index >= 15 is 0 Å². The van der Waals surface area contributed by atoms with Crippen LogP contribution >= 0.6 is 15.9 Å². The van der Waals surface area contributed by atoms with Crippen LogP contribution in [0.2, 0.25) is 0 Å². The summed E-state index contributed by atoms with van der Waals surface area (Å²) < 4.78 is 2.80. The van der Waals surface area contributed by atoms with Gasteiger partial charge in [0.25, 0.3) is 5.91 Å². The first-order valence-electron chi connectivity index (χ1n) is 8.00. The Kier molecular flexibility index (Phi) is 4.30. The number of amides is 1. The number of rotatable bonds is 2. The maximum Gasteiger partial charge on any atom is 0.257 e.